The number of piperidine rings is 1. The van der Waals surface area contributed by atoms with Gasteiger partial charge in [0.05, 0.1) is 12.0 Å². The number of aliphatic hydroxyl groups is 1. The third-order valence-corrected chi connectivity index (χ3v) is 4.21. The maximum atomic E-state index is 11.3. The number of hydrazine groups is 1. The quantitative estimate of drug-likeness (QED) is 0.435. The Morgan fingerprint density at radius 1 is 1.40 bits per heavy atom. The summed E-state index contributed by atoms with van der Waals surface area (Å²) in [7, 11) is 0. The Balaban J connectivity index is 1.92. The molecule has 1 atom stereocenters. The molecule has 5 nitrogen and oxygen atoms in total. The van der Waals surface area contributed by atoms with E-state index in [1.54, 1.807) is 0 Å². The lowest BCUT2D eigenvalue weighted by Crippen LogP contribution is -2.48. The van der Waals surface area contributed by atoms with E-state index in [-0.39, 0.29) is 12.3 Å². The van der Waals surface area contributed by atoms with Crippen LogP contribution in [0.15, 0.2) is 30.3 Å². The van der Waals surface area contributed by atoms with Crippen molar-refractivity contribution in [3.63, 3.8) is 0 Å². The van der Waals surface area contributed by atoms with Crippen LogP contribution >= 0.6 is 0 Å². The van der Waals surface area contributed by atoms with Crippen LogP contribution < -0.4 is 11.3 Å². The predicted octanol–water partition coefficient (Wildman–Crippen LogP) is 0.954. The van der Waals surface area contributed by atoms with Crippen LogP contribution in [-0.4, -0.2) is 34.6 Å². The number of likely N-dealkylation sites (tertiary alicyclic amines) is 1. The van der Waals surface area contributed by atoms with Crippen molar-refractivity contribution in [2.24, 2.45) is 5.84 Å². The first-order valence-electron chi connectivity index (χ1n) is 7.05. The number of carbonyl (C=O) groups excluding carboxylic acids is 1. The van der Waals surface area contributed by atoms with Crippen molar-refractivity contribution in [1.29, 1.82) is 0 Å². The van der Waals surface area contributed by atoms with Crippen molar-refractivity contribution < 1.29 is 9.90 Å². The number of amides is 1. The average molecular weight is 277 g/mol. The number of carbonyl (C=O) groups is 1. The van der Waals surface area contributed by atoms with Crippen molar-refractivity contribution in [1.82, 2.24) is 10.3 Å². The lowest BCUT2D eigenvalue weighted by Gasteiger charge is -2.40. The highest BCUT2D eigenvalue weighted by Gasteiger charge is 2.35. The van der Waals surface area contributed by atoms with E-state index in [0.29, 0.717) is 18.9 Å². The second-order valence-electron chi connectivity index (χ2n) is 5.59. The zero-order valence-electron chi connectivity index (χ0n) is 11.9. The summed E-state index contributed by atoms with van der Waals surface area (Å²) in [5.41, 5.74) is 2.44. The number of benzene rings is 1. The molecule has 2 rings (SSSR count). The molecule has 0 aliphatic carbocycles. The van der Waals surface area contributed by atoms with E-state index >= 15 is 0 Å². The van der Waals surface area contributed by atoms with Crippen molar-refractivity contribution in [2.45, 2.75) is 37.8 Å². The summed E-state index contributed by atoms with van der Waals surface area (Å²) in [6.07, 6.45) is 1.27. The lowest BCUT2D eigenvalue weighted by atomic mass is 9.87. The first kappa shape index (κ1) is 15.0. The molecule has 0 radical (unpaired) electrons. The number of hydrogen-bond donors (Lipinski definition) is 3. The van der Waals surface area contributed by atoms with Gasteiger partial charge in [0.25, 0.3) is 0 Å². The molecule has 1 saturated heterocycles. The Morgan fingerprint density at radius 3 is 2.55 bits per heavy atom. The van der Waals surface area contributed by atoms with E-state index in [1.165, 1.54) is 5.56 Å². The van der Waals surface area contributed by atoms with Crippen molar-refractivity contribution >= 4 is 5.91 Å². The van der Waals surface area contributed by atoms with E-state index in [4.69, 9.17) is 5.84 Å². The number of hydrogen-bond acceptors (Lipinski definition) is 4. The lowest BCUT2D eigenvalue weighted by molar-refractivity contribution is -0.128. The maximum Gasteiger partial charge on any atom is 0.236 e. The van der Waals surface area contributed by atoms with Gasteiger partial charge in [-0.2, -0.15) is 0 Å². The van der Waals surface area contributed by atoms with Crippen molar-refractivity contribution in [3.8, 4) is 0 Å². The monoisotopic (exact) mass is 277 g/mol. The van der Waals surface area contributed by atoms with Gasteiger partial charge in [-0.1, -0.05) is 30.3 Å². The Morgan fingerprint density at radius 2 is 2.00 bits per heavy atom. The van der Waals surface area contributed by atoms with Gasteiger partial charge >= 0.3 is 0 Å². The molecule has 1 aliphatic rings. The summed E-state index contributed by atoms with van der Waals surface area (Å²) in [6.45, 7) is 3.74. The molecule has 0 aromatic heterocycles. The molecule has 20 heavy (non-hydrogen) atoms. The maximum absolute atomic E-state index is 11.3. The Bertz CT molecular complexity index is 442. The first-order chi connectivity index (χ1) is 9.54. The molecule has 1 aromatic carbocycles. The van der Waals surface area contributed by atoms with Gasteiger partial charge in [-0.15, -0.1) is 0 Å². The first-order valence-corrected chi connectivity index (χ1v) is 7.05. The van der Waals surface area contributed by atoms with Gasteiger partial charge in [0.2, 0.25) is 5.91 Å². The van der Waals surface area contributed by atoms with Gasteiger partial charge in [-0.05, 0) is 25.3 Å². The van der Waals surface area contributed by atoms with Crippen molar-refractivity contribution in [2.75, 3.05) is 13.1 Å². The minimum Gasteiger partial charge on any atom is -0.389 e. The second kappa shape index (κ2) is 6.35. The Hall–Kier alpha value is -1.43. The highest BCUT2D eigenvalue weighted by Crippen LogP contribution is 2.30. The molecular formula is C15H23N3O2. The van der Waals surface area contributed by atoms with Crippen molar-refractivity contribution in [3.05, 3.63) is 35.9 Å². The van der Waals surface area contributed by atoms with E-state index in [9.17, 15) is 9.90 Å². The van der Waals surface area contributed by atoms with Crippen LogP contribution in [0.3, 0.4) is 0 Å². The molecule has 0 spiro atoms. The zero-order valence-corrected chi connectivity index (χ0v) is 11.9. The summed E-state index contributed by atoms with van der Waals surface area (Å²) in [5.74, 6) is 4.77. The molecule has 0 saturated carbocycles. The van der Waals surface area contributed by atoms with E-state index in [0.717, 1.165) is 13.1 Å². The predicted molar refractivity (Wildman–Crippen MR) is 77.6 cm³/mol. The molecule has 110 valence electrons. The van der Waals surface area contributed by atoms with Gasteiger partial charge in [0.1, 0.15) is 0 Å². The fourth-order valence-electron chi connectivity index (χ4n) is 2.80. The Labute approximate surface area is 119 Å². The molecular weight excluding hydrogens is 254 g/mol. The molecule has 1 aliphatic heterocycles. The molecule has 4 N–H and O–H groups in total. The minimum absolute atomic E-state index is 0.0804. The molecule has 0 bridgehead atoms. The molecule has 1 aromatic rings. The fourth-order valence-corrected chi connectivity index (χ4v) is 2.80. The van der Waals surface area contributed by atoms with Crippen LogP contribution in [0.25, 0.3) is 0 Å². The van der Waals surface area contributed by atoms with Crippen LogP contribution in [-0.2, 0) is 4.79 Å². The van der Waals surface area contributed by atoms with Crippen LogP contribution in [0.2, 0.25) is 0 Å². The van der Waals surface area contributed by atoms with Gasteiger partial charge in [0.15, 0.2) is 0 Å². The Kier molecular flexibility index (Phi) is 4.75. The van der Waals surface area contributed by atoms with Gasteiger partial charge in [-0.3, -0.25) is 15.1 Å². The van der Waals surface area contributed by atoms with Crippen LogP contribution in [0.4, 0.5) is 0 Å². The summed E-state index contributed by atoms with van der Waals surface area (Å²) >= 11 is 0. The molecule has 5 heteroatoms. The molecule has 1 fully saturated rings. The van der Waals surface area contributed by atoms with Crippen LogP contribution in [0, 0.1) is 0 Å². The number of rotatable bonds is 4. The van der Waals surface area contributed by atoms with E-state index in [1.807, 2.05) is 18.2 Å². The van der Waals surface area contributed by atoms with E-state index < -0.39 is 5.60 Å². The summed E-state index contributed by atoms with van der Waals surface area (Å²) < 4.78 is 0. The molecule has 1 unspecified atom stereocenters. The number of nitrogens with one attached hydrogen (secondary N) is 1. The normalized spacial score (nSPS) is 20.4. The van der Waals surface area contributed by atoms with Crippen LogP contribution in [0.5, 0.6) is 0 Å². The van der Waals surface area contributed by atoms with Gasteiger partial charge in [0, 0.05) is 19.1 Å². The average Bonchev–Trinajstić information content (AvgIpc) is 2.48. The number of nitrogens with two attached hydrogens (primary N) is 1. The van der Waals surface area contributed by atoms with Crippen LogP contribution in [0.1, 0.15) is 37.8 Å². The van der Waals surface area contributed by atoms with Gasteiger partial charge in [-0.25, -0.2) is 5.84 Å². The molecule has 1 amide bonds. The largest absolute Gasteiger partial charge is 0.389 e. The van der Waals surface area contributed by atoms with Gasteiger partial charge < -0.3 is 5.11 Å². The molecule has 1 heterocycles. The second-order valence-corrected chi connectivity index (χ2v) is 5.59. The minimum atomic E-state index is -0.920. The topological polar surface area (TPSA) is 78.6 Å². The standard InChI is InChI=1S/C15H23N3O2/c1-12(13-5-3-2-4-6-13)18-9-7-15(20,8-10-18)11-14(19)17-16/h2-6,12,20H,7-11,16H2,1H3,(H,17,19). The SMILES string of the molecule is CC(c1ccccc1)N1CCC(O)(CC(=O)NN)CC1. The summed E-state index contributed by atoms with van der Waals surface area (Å²) in [5, 5.41) is 10.4. The summed E-state index contributed by atoms with van der Waals surface area (Å²) in [6, 6.07) is 10.6. The fraction of sp³-hybridized carbons (Fsp3) is 0.533. The third-order valence-electron chi connectivity index (χ3n) is 4.21. The van der Waals surface area contributed by atoms with E-state index in [2.05, 4.69) is 29.4 Å². The summed E-state index contributed by atoms with van der Waals surface area (Å²) in [4.78, 5) is 13.6. The number of nitrogens with zero attached hydrogens (tertiary/aromatic N) is 1. The zero-order chi connectivity index (χ0) is 14.6. The third kappa shape index (κ3) is 3.56. The smallest absolute Gasteiger partial charge is 0.236 e. The highest BCUT2D eigenvalue weighted by molar-refractivity contribution is 5.76. The highest BCUT2D eigenvalue weighted by atomic mass is 16.3.